The molecule has 4 heteroatoms. The summed E-state index contributed by atoms with van der Waals surface area (Å²) in [6, 6.07) is 8.40. The Hall–Kier alpha value is -1.68. The number of rotatable bonds is 4. The Morgan fingerprint density at radius 1 is 1.30 bits per heavy atom. The zero-order valence-electron chi connectivity index (χ0n) is 11.9. The number of hydrogen-bond donors (Lipinski definition) is 1. The summed E-state index contributed by atoms with van der Waals surface area (Å²) in [5, 5.41) is 4.14. The minimum Gasteiger partial charge on any atom is -0.339 e. The average molecular weight is 271 g/mol. The first-order valence-electron chi connectivity index (χ1n) is 7.30. The molecule has 1 aliphatic carbocycles. The number of aromatic nitrogens is 2. The van der Waals surface area contributed by atoms with Crippen molar-refractivity contribution in [3.05, 3.63) is 47.1 Å². The second-order valence-corrected chi connectivity index (χ2v) is 5.87. The lowest BCUT2D eigenvalue weighted by molar-refractivity contribution is 0.283. The first-order valence-corrected chi connectivity index (χ1v) is 7.30. The maximum Gasteiger partial charge on any atom is 0.234 e. The zero-order valence-corrected chi connectivity index (χ0v) is 11.9. The van der Waals surface area contributed by atoms with E-state index in [9.17, 15) is 0 Å². The summed E-state index contributed by atoms with van der Waals surface area (Å²) >= 11 is 0. The van der Waals surface area contributed by atoms with Gasteiger partial charge in [-0.25, -0.2) is 0 Å². The maximum atomic E-state index is 5.95. The van der Waals surface area contributed by atoms with E-state index >= 15 is 0 Å². The van der Waals surface area contributed by atoms with Gasteiger partial charge in [0.1, 0.15) is 0 Å². The van der Waals surface area contributed by atoms with Crippen LogP contribution in [-0.2, 0) is 11.8 Å². The molecule has 0 bridgehead atoms. The van der Waals surface area contributed by atoms with Gasteiger partial charge in [-0.3, -0.25) is 0 Å². The van der Waals surface area contributed by atoms with Gasteiger partial charge in [0.25, 0.3) is 0 Å². The quantitative estimate of drug-likeness (QED) is 0.928. The van der Waals surface area contributed by atoms with Gasteiger partial charge in [-0.15, -0.1) is 0 Å². The van der Waals surface area contributed by atoms with Crippen molar-refractivity contribution in [2.24, 2.45) is 5.73 Å². The maximum absolute atomic E-state index is 5.95. The van der Waals surface area contributed by atoms with Gasteiger partial charge in [0.2, 0.25) is 5.89 Å². The molecule has 2 aromatic rings. The van der Waals surface area contributed by atoms with E-state index in [1.165, 1.54) is 24.0 Å². The summed E-state index contributed by atoms with van der Waals surface area (Å²) in [5.74, 6) is 1.49. The molecule has 0 unspecified atom stereocenters. The molecule has 2 N–H and O–H groups in total. The summed E-state index contributed by atoms with van der Waals surface area (Å²) in [6.07, 6.45) is 5.25. The predicted octanol–water partition coefficient (Wildman–Crippen LogP) is 2.74. The molecule has 106 valence electrons. The topological polar surface area (TPSA) is 64.9 Å². The minimum absolute atomic E-state index is 0.0716. The molecule has 4 nitrogen and oxygen atoms in total. The van der Waals surface area contributed by atoms with Crippen LogP contribution in [0.1, 0.15) is 48.5 Å². The van der Waals surface area contributed by atoms with Gasteiger partial charge in [0, 0.05) is 13.0 Å². The van der Waals surface area contributed by atoms with Crippen LogP contribution in [0.5, 0.6) is 0 Å². The Kier molecular flexibility index (Phi) is 3.57. The Bertz CT molecular complexity index is 585. The predicted molar refractivity (Wildman–Crippen MR) is 77.5 cm³/mol. The summed E-state index contributed by atoms with van der Waals surface area (Å²) in [7, 11) is 0. The van der Waals surface area contributed by atoms with Crippen molar-refractivity contribution < 1.29 is 4.52 Å². The molecule has 1 aromatic heterocycles. The highest BCUT2D eigenvalue weighted by atomic mass is 16.5. The third-order valence-corrected chi connectivity index (χ3v) is 4.32. The van der Waals surface area contributed by atoms with E-state index in [4.69, 9.17) is 10.3 Å². The second kappa shape index (κ2) is 5.37. The monoisotopic (exact) mass is 271 g/mol. The molecule has 1 heterocycles. The smallest absolute Gasteiger partial charge is 0.234 e. The van der Waals surface area contributed by atoms with Gasteiger partial charge in [-0.2, -0.15) is 4.98 Å². The van der Waals surface area contributed by atoms with Gasteiger partial charge in [0.05, 0.1) is 5.41 Å². The normalized spacial score (nSPS) is 17.5. The van der Waals surface area contributed by atoms with Crippen molar-refractivity contribution in [1.29, 1.82) is 0 Å². The molecule has 1 saturated carbocycles. The van der Waals surface area contributed by atoms with Crippen LogP contribution in [0.15, 0.2) is 28.8 Å². The molecule has 20 heavy (non-hydrogen) atoms. The van der Waals surface area contributed by atoms with E-state index in [1.807, 2.05) is 0 Å². The Morgan fingerprint density at radius 2 is 2.10 bits per heavy atom. The Morgan fingerprint density at radius 3 is 2.80 bits per heavy atom. The van der Waals surface area contributed by atoms with Gasteiger partial charge in [0.15, 0.2) is 5.82 Å². The van der Waals surface area contributed by atoms with Crippen molar-refractivity contribution in [2.75, 3.05) is 6.54 Å². The first-order chi connectivity index (χ1) is 9.72. The molecule has 3 rings (SSSR count). The fraction of sp³-hybridized carbons (Fsp3) is 0.500. The van der Waals surface area contributed by atoms with Crippen molar-refractivity contribution in [2.45, 2.75) is 44.4 Å². The third kappa shape index (κ3) is 2.48. The molecule has 0 radical (unpaired) electrons. The van der Waals surface area contributed by atoms with Crippen molar-refractivity contribution in [3.8, 4) is 0 Å². The zero-order chi connectivity index (χ0) is 14.0. The van der Waals surface area contributed by atoms with Crippen LogP contribution in [0.3, 0.4) is 0 Å². The largest absolute Gasteiger partial charge is 0.339 e. The van der Waals surface area contributed by atoms with Crippen LogP contribution in [0.25, 0.3) is 0 Å². The lowest BCUT2D eigenvalue weighted by Crippen LogP contribution is -2.32. The van der Waals surface area contributed by atoms with Crippen LogP contribution in [-0.4, -0.2) is 16.7 Å². The SMILES string of the molecule is Cc1cccc(Cc2noc(C3(CN)CCCC3)n2)c1. The van der Waals surface area contributed by atoms with Crippen LogP contribution in [0.4, 0.5) is 0 Å². The molecular formula is C16H21N3O. The number of hydrogen-bond acceptors (Lipinski definition) is 4. The Balaban J connectivity index is 1.80. The molecule has 0 saturated heterocycles. The van der Waals surface area contributed by atoms with Crippen LogP contribution >= 0.6 is 0 Å². The fourth-order valence-corrected chi connectivity index (χ4v) is 3.10. The van der Waals surface area contributed by atoms with E-state index in [2.05, 4.69) is 41.3 Å². The Labute approximate surface area is 119 Å². The number of aryl methyl sites for hydroxylation is 1. The second-order valence-electron chi connectivity index (χ2n) is 5.87. The molecule has 0 spiro atoms. The van der Waals surface area contributed by atoms with Crippen molar-refractivity contribution in [3.63, 3.8) is 0 Å². The average Bonchev–Trinajstić information content (AvgIpc) is 3.08. The molecule has 0 amide bonds. The summed E-state index contributed by atoms with van der Waals surface area (Å²) < 4.78 is 5.50. The number of nitrogens with zero attached hydrogens (tertiary/aromatic N) is 2. The molecule has 1 fully saturated rings. The van der Waals surface area contributed by atoms with E-state index in [-0.39, 0.29) is 5.41 Å². The highest BCUT2D eigenvalue weighted by Gasteiger charge is 2.39. The molecule has 1 aliphatic rings. The third-order valence-electron chi connectivity index (χ3n) is 4.32. The lowest BCUT2D eigenvalue weighted by Gasteiger charge is -2.21. The summed E-state index contributed by atoms with van der Waals surface area (Å²) in [4.78, 5) is 4.60. The van der Waals surface area contributed by atoms with Gasteiger partial charge < -0.3 is 10.3 Å². The molecule has 0 atom stereocenters. The van der Waals surface area contributed by atoms with Crippen LogP contribution in [0.2, 0.25) is 0 Å². The van der Waals surface area contributed by atoms with Gasteiger partial charge in [-0.05, 0) is 25.3 Å². The van der Waals surface area contributed by atoms with Crippen LogP contribution < -0.4 is 5.73 Å². The van der Waals surface area contributed by atoms with E-state index in [0.29, 0.717) is 13.0 Å². The molecular weight excluding hydrogens is 250 g/mol. The first kappa shape index (κ1) is 13.3. The number of benzene rings is 1. The number of nitrogens with two attached hydrogens (primary N) is 1. The highest BCUT2D eigenvalue weighted by molar-refractivity contribution is 5.24. The summed E-state index contributed by atoms with van der Waals surface area (Å²) in [6.45, 7) is 2.69. The highest BCUT2D eigenvalue weighted by Crippen LogP contribution is 2.39. The fourth-order valence-electron chi connectivity index (χ4n) is 3.10. The minimum atomic E-state index is -0.0716. The van der Waals surface area contributed by atoms with E-state index < -0.39 is 0 Å². The molecule has 1 aromatic carbocycles. The van der Waals surface area contributed by atoms with E-state index in [1.54, 1.807) is 0 Å². The molecule has 0 aliphatic heterocycles. The van der Waals surface area contributed by atoms with Crippen molar-refractivity contribution in [1.82, 2.24) is 10.1 Å². The van der Waals surface area contributed by atoms with E-state index in [0.717, 1.165) is 24.6 Å². The van der Waals surface area contributed by atoms with Gasteiger partial charge >= 0.3 is 0 Å². The standard InChI is InChI=1S/C16H21N3O/c1-12-5-4-6-13(9-12)10-14-18-15(20-19-14)16(11-17)7-2-3-8-16/h4-6,9H,2-3,7-8,10-11,17H2,1H3. The van der Waals surface area contributed by atoms with Gasteiger partial charge in [-0.1, -0.05) is 47.8 Å². The van der Waals surface area contributed by atoms with Crippen molar-refractivity contribution >= 4 is 0 Å². The van der Waals surface area contributed by atoms with Crippen LogP contribution in [0, 0.1) is 6.92 Å². The summed E-state index contributed by atoms with van der Waals surface area (Å²) in [5.41, 5.74) is 8.35. The lowest BCUT2D eigenvalue weighted by atomic mass is 9.86.